The van der Waals surface area contributed by atoms with Crippen LogP contribution in [0.5, 0.6) is 0 Å². The molecule has 0 saturated heterocycles. The van der Waals surface area contributed by atoms with Crippen molar-refractivity contribution in [2.45, 2.75) is 51.0 Å². The number of ketones is 1. The van der Waals surface area contributed by atoms with Crippen LogP contribution in [0.1, 0.15) is 48.2 Å². The molecule has 1 heterocycles. The number of allylic oxidation sites excluding steroid dienone is 1. The maximum Gasteiger partial charge on any atom is 0.425 e. The molecule has 12 heteroatoms. The highest BCUT2D eigenvalue weighted by molar-refractivity contribution is 6.14. The average molecular weight is 556 g/mol. The third-order valence-corrected chi connectivity index (χ3v) is 6.83. The van der Waals surface area contributed by atoms with Crippen molar-refractivity contribution < 1.29 is 45.1 Å². The lowest BCUT2D eigenvalue weighted by Gasteiger charge is -2.35. The highest BCUT2D eigenvalue weighted by atomic mass is 19.4. The van der Waals surface area contributed by atoms with E-state index in [0.717, 1.165) is 29.2 Å². The number of rotatable bonds is 5. The molecule has 0 spiro atoms. The van der Waals surface area contributed by atoms with Crippen LogP contribution in [0.3, 0.4) is 0 Å². The number of Topliss-reactive ketones (excluding diaryl/α,β-unsaturated/α-hetero) is 1. The topological polar surface area (TPSA) is 66.5 Å². The minimum Gasteiger partial charge on any atom is -0.326 e. The summed E-state index contributed by atoms with van der Waals surface area (Å²) in [5.74, 6) is -4.76. The molecule has 0 unspecified atom stereocenters. The lowest BCUT2D eigenvalue weighted by atomic mass is 9.72. The second-order valence-electron chi connectivity index (χ2n) is 10.4. The molecule has 2 aliphatic rings. The molecular weight excluding hydrogens is 533 g/mol. The fraction of sp³-hybridized carbons (Fsp3) is 0.370. The molecule has 0 aromatic heterocycles. The Labute approximate surface area is 218 Å². The molecule has 0 radical (unpaired) electrons. The van der Waals surface area contributed by atoms with Crippen molar-refractivity contribution in [3.63, 3.8) is 0 Å². The number of nitrogens with zero attached hydrogens (tertiary/aromatic N) is 1. The number of carbonyl (C=O) groups is 3. The molecule has 1 aliphatic heterocycles. The summed E-state index contributed by atoms with van der Waals surface area (Å²) in [6.07, 6.45) is -10.8. The lowest BCUT2D eigenvalue weighted by molar-refractivity contribution is -0.190. The van der Waals surface area contributed by atoms with Gasteiger partial charge < -0.3 is 10.2 Å². The molecule has 2 amide bonds. The minimum atomic E-state index is -5.51. The van der Waals surface area contributed by atoms with Crippen LogP contribution in [0.15, 0.2) is 59.8 Å². The van der Waals surface area contributed by atoms with E-state index in [2.05, 4.69) is 0 Å². The summed E-state index contributed by atoms with van der Waals surface area (Å²) in [6, 6.07) is 7.82. The van der Waals surface area contributed by atoms with Gasteiger partial charge in [-0.1, -0.05) is 32.0 Å². The number of halogens is 7. The number of hydrogen-bond acceptors (Lipinski definition) is 3. The van der Waals surface area contributed by atoms with Crippen LogP contribution < -0.4 is 5.32 Å². The Morgan fingerprint density at radius 2 is 1.62 bits per heavy atom. The van der Waals surface area contributed by atoms with Crippen LogP contribution in [0.4, 0.5) is 30.7 Å². The largest absolute Gasteiger partial charge is 0.425 e. The number of carbonyl (C=O) groups excluding carboxylic acids is 3. The molecule has 1 aliphatic carbocycles. The number of alkyl halides is 6. The number of hydrogen-bond donors (Lipinski definition) is 1. The van der Waals surface area contributed by atoms with Crippen molar-refractivity contribution in [1.82, 2.24) is 10.2 Å². The van der Waals surface area contributed by atoms with Gasteiger partial charge in [-0.25, -0.2) is 4.39 Å². The minimum absolute atomic E-state index is 0.00688. The second-order valence-corrected chi connectivity index (χ2v) is 10.4. The molecule has 39 heavy (non-hydrogen) atoms. The molecule has 0 saturated carbocycles. The van der Waals surface area contributed by atoms with E-state index < -0.39 is 63.4 Å². The van der Waals surface area contributed by atoms with Crippen molar-refractivity contribution >= 4 is 17.6 Å². The van der Waals surface area contributed by atoms with E-state index in [1.165, 1.54) is 12.1 Å². The van der Waals surface area contributed by atoms with E-state index in [1.807, 2.05) is 0 Å². The highest BCUT2D eigenvalue weighted by Crippen LogP contribution is 2.51. The third kappa shape index (κ3) is 5.16. The van der Waals surface area contributed by atoms with Gasteiger partial charge in [-0.2, -0.15) is 26.3 Å². The molecule has 0 bridgehead atoms. The molecule has 208 valence electrons. The summed E-state index contributed by atoms with van der Waals surface area (Å²) in [5.41, 5.74) is -7.27. The zero-order valence-electron chi connectivity index (χ0n) is 20.8. The normalized spacial score (nSPS) is 21.3. The first-order valence-corrected chi connectivity index (χ1v) is 11.9. The zero-order valence-corrected chi connectivity index (χ0v) is 20.8. The molecule has 1 atom stereocenters. The number of benzene rings is 2. The van der Waals surface area contributed by atoms with Gasteiger partial charge in [-0.05, 0) is 54.2 Å². The van der Waals surface area contributed by atoms with E-state index in [4.69, 9.17) is 0 Å². The van der Waals surface area contributed by atoms with Crippen LogP contribution in [0.25, 0.3) is 0 Å². The van der Waals surface area contributed by atoms with Crippen molar-refractivity contribution in [1.29, 1.82) is 0 Å². The Morgan fingerprint density at radius 3 is 2.21 bits per heavy atom. The fourth-order valence-electron chi connectivity index (χ4n) is 5.03. The van der Waals surface area contributed by atoms with Gasteiger partial charge >= 0.3 is 12.4 Å². The van der Waals surface area contributed by atoms with Crippen LogP contribution in [0.2, 0.25) is 0 Å². The summed E-state index contributed by atoms with van der Waals surface area (Å²) < 4.78 is 97.3. The van der Waals surface area contributed by atoms with Crippen molar-refractivity contribution in [3.05, 3.63) is 82.3 Å². The van der Waals surface area contributed by atoms with Crippen LogP contribution in [0, 0.1) is 11.2 Å². The molecule has 4 rings (SSSR count). The van der Waals surface area contributed by atoms with Gasteiger partial charge in [0.1, 0.15) is 5.82 Å². The summed E-state index contributed by atoms with van der Waals surface area (Å²) in [5, 5.41) is 1.62. The van der Waals surface area contributed by atoms with Gasteiger partial charge in [0.05, 0.1) is 11.1 Å². The van der Waals surface area contributed by atoms with Gasteiger partial charge in [0.25, 0.3) is 11.8 Å². The molecule has 1 N–H and O–H groups in total. The van der Waals surface area contributed by atoms with Crippen LogP contribution >= 0.6 is 0 Å². The fourth-order valence-corrected chi connectivity index (χ4v) is 5.03. The Balaban J connectivity index is 1.79. The summed E-state index contributed by atoms with van der Waals surface area (Å²) >= 11 is 0. The summed E-state index contributed by atoms with van der Waals surface area (Å²) in [7, 11) is 0. The standard InChI is InChI=1S/C27H23F7N2O3/c1-24(2)13-19-21(20(37)14-24)25(27(32,33)34,23(39)36(19)11-10-15-6-8-18(28)9-7-15)35-22(38)16-4-3-5-17(12-16)26(29,30)31/h3-9,12H,10-11,13-14H2,1-2H3,(H,35,38)/t25-/m1/s1. The molecular formula is C27H23F7N2O3. The van der Waals surface area contributed by atoms with Crippen molar-refractivity contribution in [3.8, 4) is 0 Å². The first-order valence-electron chi connectivity index (χ1n) is 11.9. The van der Waals surface area contributed by atoms with E-state index in [-0.39, 0.29) is 31.5 Å². The van der Waals surface area contributed by atoms with Gasteiger partial charge in [0.15, 0.2) is 5.78 Å². The number of nitrogens with one attached hydrogen (secondary N) is 1. The maximum absolute atomic E-state index is 14.9. The molecule has 5 nitrogen and oxygen atoms in total. The van der Waals surface area contributed by atoms with Gasteiger partial charge in [0.2, 0.25) is 5.54 Å². The molecule has 2 aromatic rings. The SMILES string of the molecule is CC1(C)CC(=O)C2=C(C1)N(CCc1ccc(F)cc1)C(=O)[C@@]2(NC(=O)c1cccc(C(F)(F)F)c1)C(F)(F)F. The van der Waals surface area contributed by atoms with E-state index >= 15 is 0 Å². The van der Waals surface area contributed by atoms with Gasteiger partial charge in [-0.3, -0.25) is 14.4 Å². The average Bonchev–Trinajstić information content (AvgIpc) is 3.05. The van der Waals surface area contributed by atoms with E-state index in [0.29, 0.717) is 17.7 Å². The van der Waals surface area contributed by atoms with Crippen molar-refractivity contribution in [2.75, 3.05) is 6.54 Å². The quantitative estimate of drug-likeness (QED) is 0.488. The Hall–Kier alpha value is -3.70. The highest BCUT2D eigenvalue weighted by Gasteiger charge is 2.71. The zero-order chi connectivity index (χ0) is 29.0. The predicted molar refractivity (Wildman–Crippen MR) is 125 cm³/mol. The predicted octanol–water partition coefficient (Wildman–Crippen LogP) is 5.60. The van der Waals surface area contributed by atoms with Crippen molar-refractivity contribution in [2.24, 2.45) is 5.41 Å². The lowest BCUT2D eigenvalue weighted by Crippen LogP contribution is -2.66. The first-order chi connectivity index (χ1) is 18.0. The third-order valence-electron chi connectivity index (χ3n) is 6.83. The summed E-state index contributed by atoms with van der Waals surface area (Å²) in [6.45, 7) is 2.97. The Bertz CT molecular complexity index is 1360. The first kappa shape index (κ1) is 28.3. The van der Waals surface area contributed by atoms with Gasteiger partial charge in [-0.15, -0.1) is 0 Å². The monoisotopic (exact) mass is 556 g/mol. The summed E-state index contributed by atoms with van der Waals surface area (Å²) in [4.78, 5) is 40.6. The van der Waals surface area contributed by atoms with E-state index in [1.54, 1.807) is 19.2 Å². The Morgan fingerprint density at radius 1 is 0.974 bits per heavy atom. The van der Waals surface area contributed by atoms with E-state index in [9.17, 15) is 45.1 Å². The van der Waals surface area contributed by atoms with Crippen LogP contribution in [-0.2, 0) is 22.2 Å². The maximum atomic E-state index is 14.9. The second kappa shape index (κ2) is 9.49. The van der Waals surface area contributed by atoms with Gasteiger partial charge in [0, 0.05) is 24.2 Å². The molecule has 2 aromatic carbocycles. The van der Waals surface area contributed by atoms with Crippen LogP contribution in [-0.4, -0.2) is 40.8 Å². The smallest absolute Gasteiger partial charge is 0.326 e. The molecule has 0 fully saturated rings. The Kier molecular flexibility index (Phi) is 6.89. The number of amides is 2.